The second kappa shape index (κ2) is 8.43. The highest BCUT2D eigenvalue weighted by Crippen LogP contribution is 2.33. The molecule has 2 aromatic heterocycles. The molecule has 0 aliphatic carbocycles. The molecule has 0 bridgehead atoms. The van der Waals surface area contributed by atoms with Crippen LogP contribution in [0.4, 0.5) is 27.8 Å². The Morgan fingerprint density at radius 2 is 1.87 bits per heavy atom. The van der Waals surface area contributed by atoms with Crippen LogP contribution >= 0.6 is 11.3 Å². The number of halogens is 5. The number of rotatable bonds is 5. The smallest absolute Gasteiger partial charge is 0.367 e. The molecule has 1 aliphatic heterocycles. The quantitative estimate of drug-likeness (QED) is 0.555. The van der Waals surface area contributed by atoms with Crippen LogP contribution in [0.15, 0.2) is 30.6 Å². The normalized spacial score (nSPS) is 16.3. The standard InChI is InChI=1S/C20H19F5N4S/c21-13-2-1-12(17(22)7-13)10-29-5-3-14(4-6-29)28-18-16-8-15(9-20(23,24)25)30-19(16)27-11-26-18/h1-2,7-8,11,14H,3-6,9-10H2,(H,26,27,28). The number of thiophene rings is 1. The zero-order valence-electron chi connectivity index (χ0n) is 15.8. The van der Waals surface area contributed by atoms with Crippen LogP contribution in [-0.2, 0) is 13.0 Å². The molecular formula is C20H19F5N4S. The van der Waals surface area contributed by atoms with Crippen molar-refractivity contribution in [1.82, 2.24) is 14.9 Å². The maximum Gasteiger partial charge on any atom is 0.393 e. The molecule has 0 radical (unpaired) electrons. The molecule has 4 nitrogen and oxygen atoms in total. The van der Waals surface area contributed by atoms with Gasteiger partial charge in [-0.25, -0.2) is 18.7 Å². The van der Waals surface area contributed by atoms with E-state index in [1.54, 1.807) is 0 Å². The highest BCUT2D eigenvalue weighted by atomic mass is 32.1. The Kier molecular flexibility index (Phi) is 5.88. The number of alkyl halides is 3. The van der Waals surface area contributed by atoms with Gasteiger partial charge in [-0.2, -0.15) is 13.2 Å². The van der Waals surface area contributed by atoms with Crippen LogP contribution in [0.2, 0.25) is 0 Å². The molecule has 0 saturated carbocycles. The first-order valence-corrected chi connectivity index (χ1v) is 10.3. The molecule has 1 aliphatic rings. The molecule has 0 spiro atoms. The van der Waals surface area contributed by atoms with E-state index in [1.165, 1.54) is 24.5 Å². The summed E-state index contributed by atoms with van der Waals surface area (Å²) in [6.07, 6.45) is -2.35. The summed E-state index contributed by atoms with van der Waals surface area (Å²) >= 11 is 1.02. The number of fused-ring (bicyclic) bond motifs is 1. The van der Waals surface area contributed by atoms with Gasteiger partial charge in [0.25, 0.3) is 0 Å². The van der Waals surface area contributed by atoms with Crippen LogP contribution in [0.25, 0.3) is 10.2 Å². The number of likely N-dealkylation sites (tertiary alicyclic amines) is 1. The van der Waals surface area contributed by atoms with Gasteiger partial charge in [-0.15, -0.1) is 11.3 Å². The lowest BCUT2D eigenvalue weighted by Gasteiger charge is -2.32. The summed E-state index contributed by atoms with van der Waals surface area (Å²) in [6, 6.07) is 5.20. The van der Waals surface area contributed by atoms with Gasteiger partial charge in [0.15, 0.2) is 0 Å². The average molecular weight is 442 g/mol. The van der Waals surface area contributed by atoms with Gasteiger partial charge in [0, 0.05) is 42.2 Å². The number of anilines is 1. The Morgan fingerprint density at radius 1 is 1.10 bits per heavy atom. The molecule has 3 heterocycles. The van der Waals surface area contributed by atoms with E-state index in [1.807, 2.05) is 0 Å². The molecule has 0 atom stereocenters. The van der Waals surface area contributed by atoms with Crippen molar-refractivity contribution in [2.75, 3.05) is 18.4 Å². The number of benzene rings is 1. The third kappa shape index (κ3) is 5.04. The van der Waals surface area contributed by atoms with Crippen LogP contribution in [0.5, 0.6) is 0 Å². The first kappa shape index (κ1) is 20.9. The number of aromatic nitrogens is 2. The van der Waals surface area contributed by atoms with E-state index < -0.39 is 24.2 Å². The van der Waals surface area contributed by atoms with Crippen molar-refractivity contribution in [3.05, 3.63) is 52.7 Å². The minimum Gasteiger partial charge on any atom is -0.367 e. The van der Waals surface area contributed by atoms with E-state index in [9.17, 15) is 22.0 Å². The van der Waals surface area contributed by atoms with E-state index in [4.69, 9.17) is 0 Å². The topological polar surface area (TPSA) is 41.0 Å². The van der Waals surface area contributed by atoms with Gasteiger partial charge >= 0.3 is 6.18 Å². The predicted molar refractivity (Wildman–Crippen MR) is 105 cm³/mol. The van der Waals surface area contributed by atoms with Crippen molar-refractivity contribution in [3.63, 3.8) is 0 Å². The first-order valence-electron chi connectivity index (χ1n) is 9.50. The molecule has 0 unspecified atom stereocenters. The minimum absolute atomic E-state index is 0.100. The fourth-order valence-corrected chi connectivity index (χ4v) is 4.65. The molecule has 1 aromatic carbocycles. The maximum atomic E-state index is 13.9. The fourth-order valence-electron chi connectivity index (χ4n) is 3.62. The third-order valence-corrected chi connectivity index (χ3v) is 6.14. The van der Waals surface area contributed by atoms with Gasteiger partial charge in [-0.05, 0) is 25.0 Å². The third-order valence-electron chi connectivity index (χ3n) is 5.09. The van der Waals surface area contributed by atoms with Gasteiger partial charge in [-0.3, -0.25) is 4.90 Å². The van der Waals surface area contributed by atoms with E-state index in [2.05, 4.69) is 20.2 Å². The van der Waals surface area contributed by atoms with Crippen LogP contribution < -0.4 is 5.32 Å². The Morgan fingerprint density at radius 3 is 2.57 bits per heavy atom. The van der Waals surface area contributed by atoms with Crippen LogP contribution in [0, 0.1) is 11.6 Å². The van der Waals surface area contributed by atoms with Crippen LogP contribution in [0.3, 0.4) is 0 Å². The largest absolute Gasteiger partial charge is 0.393 e. The monoisotopic (exact) mass is 442 g/mol. The maximum absolute atomic E-state index is 13.9. The summed E-state index contributed by atoms with van der Waals surface area (Å²) in [5.74, 6) is -0.611. The Balaban J connectivity index is 1.38. The number of hydrogen-bond acceptors (Lipinski definition) is 5. The molecule has 0 amide bonds. The summed E-state index contributed by atoms with van der Waals surface area (Å²) in [5.41, 5.74) is 0.454. The lowest BCUT2D eigenvalue weighted by Crippen LogP contribution is -2.39. The molecule has 1 fully saturated rings. The SMILES string of the molecule is Fc1ccc(CN2CCC(Nc3ncnc4sc(CC(F)(F)F)cc34)CC2)c(F)c1. The highest BCUT2D eigenvalue weighted by molar-refractivity contribution is 7.18. The summed E-state index contributed by atoms with van der Waals surface area (Å²) < 4.78 is 65.0. The lowest BCUT2D eigenvalue weighted by molar-refractivity contribution is -0.126. The second-order valence-electron chi connectivity index (χ2n) is 7.38. The molecule has 4 rings (SSSR count). The van der Waals surface area contributed by atoms with Gasteiger partial charge < -0.3 is 5.32 Å². The van der Waals surface area contributed by atoms with Gasteiger partial charge in [0.2, 0.25) is 0 Å². The minimum atomic E-state index is -4.27. The average Bonchev–Trinajstić information content (AvgIpc) is 3.07. The number of nitrogens with zero attached hydrogens (tertiary/aromatic N) is 3. The summed E-state index contributed by atoms with van der Waals surface area (Å²) in [7, 11) is 0. The van der Waals surface area contributed by atoms with Crippen molar-refractivity contribution in [3.8, 4) is 0 Å². The van der Waals surface area contributed by atoms with Crippen molar-refractivity contribution >= 4 is 27.4 Å². The Bertz CT molecular complexity index is 1030. The Hall–Kier alpha value is -2.33. The van der Waals surface area contributed by atoms with E-state index >= 15 is 0 Å². The van der Waals surface area contributed by atoms with Gasteiger partial charge in [0.1, 0.15) is 28.6 Å². The molecule has 10 heteroatoms. The molecule has 3 aromatic rings. The molecule has 160 valence electrons. The fraction of sp³-hybridized carbons (Fsp3) is 0.400. The zero-order valence-corrected chi connectivity index (χ0v) is 16.7. The van der Waals surface area contributed by atoms with E-state index in [0.29, 0.717) is 41.2 Å². The van der Waals surface area contributed by atoms with Crippen molar-refractivity contribution in [1.29, 1.82) is 0 Å². The number of piperidine rings is 1. The predicted octanol–water partition coefficient (Wildman–Crippen LogP) is 5.15. The summed E-state index contributed by atoms with van der Waals surface area (Å²) in [4.78, 5) is 11.1. The number of nitrogens with one attached hydrogen (secondary N) is 1. The van der Waals surface area contributed by atoms with Crippen molar-refractivity contribution in [2.45, 2.75) is 38.0 Å². The second-order valence-corrected chi connectivity index (χ2v) is 8.49. The highest BCUT2D eigenvalue weighted by Gasteiger charge is 2.29. The number of hydrogen-bond donors (Lipinski definition) is 1. The molecule has 30 heavy (non-hydrogen) atoms. The Labute approximate surface area is 173 Å². The van der Waals surface area contributed by atoms with Crippen LogP contribution in [-0.4, -0.2) is 40.2 Å². The van der Waals surface area contributed by atoms with Crippen molar-refractivity contribution in [2.24, 2.45) is 0 Å². The molecule has 1 saturated heterocycles. The van der Waals surface area contributed by atoms with E-state index in [-0.39, 0.29) is 10.9 Å². The lowest BCUT2D eigenvalue weighted by atomic mass is 10.0. The first-order chi connectivity index (χ1) is 14.3. The summed E-state index contributed by atoms with van der Waals surface area (Å²) in [5, 5.41) is 3.92. The molecular weight excluding hydrogens is 423 g/mol. The van der Waals surface area contributed by atoms with Crippen molar-refractivity contribution < 1.29 is 22.0 Å². The molecule has 1 N–H and O–H groups in total. The van der Waals surface area contributed by atoms with Crippen LogP contribution in [0.1, 0.15) is 23.3 Å². The van der Waals surface area contributed by atoms with Gasteiger partial charge in [-0.1, -0.05) is 6.07 Å². The summed E-state index contributed by atoms with van der Waals surface area (Å²) in [6.45, 7) is 1.83. The zero-order chi connectivity index (χ0) is 21.3. The van der Waals surface area contributed by atoms with Gasteiger partial charge in [0.05, 0.1) is 11.8 Å². The van der Waals surface area contributed by atoms with E-state index in [0.717, 1.165) is 30.2 Å².